The third kappa shape index (κ3) is 3.41. The highest BCUT2D eigenvalue weighted by molar-refractivity contribution is 6.33. The van der Waals surface area contributed by atoms with Crippen LogP contribution in [0.15, 0.2) is 66.7 Å². The number of halogens is 2. The Hall–Kier alpha value is -3.22. The molecule has 1 fully saturated rings. The SMILES string of the molecule is Cc1ccc(F)cc1CN1CCN(C2(c3ccccc3)C(=O)c3cccc(F)c3C2=O)CC1. The number of carbonyl (C=O) groups is 2. The summed E-state index contributed by atoms with van der Waals surface area (Å²) in [6.07, 6.45) is 0. The maximum absolute atomic E-state index is 14.7. The second kappa shape index (κ2) is 8.28. The van der Waals surface area contributed by atoms with E-state index in [2.05, 4.69) is 4.90 Å². The molecule has 0 bridgehead atoms. The molecule has 1 aliphatic carbocycles. The summed E-state index contributed by atoms with van der Waals surface area (Å²) in [6, 6.07) is 18.0. The van der Waals surface area contributed by atoms with Crippen molar-refractivity contribution < 1.29 is 18.4 Å². The van der Waals surface area contributed by atoms with Gasteiger partial charge in [0.1, 0.15) is 11.6 Å². The number of Topliss-reactive ketones (excluding diaryl/α,β-unsaturated/α-hetero) is 2. The first kappa shape index (κ1) is 21.6. The van der Waals surface area contributed by atoms with Gasteiger partial charge in [0.15, 0.2) is 17.1 Å². The van der Waals surface area contributed by atoms with Crippen molar-refractivity contribution in [1.82, 2.24) is 9.80 Å². The van der Waals surface area contributed by atoms with E-state index < -0.39 is 17.1 Å². The van der Waals surface area contributed by atoms with Crippen LogP contribution in [-0.2, 0) is 12.1 Å². The van der Waals surface area contributed by atoms with Gasteiger partial charge in [-0.15, -0.1) is 0 Å². The van der Waals surface area contributed by atoms with Gasteiger partial charge in [-0.3, -0.25) is 19.4 Å². The second-order valence-corrected chi connectivity index (χ2v) is 8.73. The van der Waals surface area contributed by atoms with Crippen LogP contribution in [0.3, 0.4) is 0 Å². The molecule has 0 spiro atoms. The third-order valence-corrected chi connectivity index (χ3v) is 6.89. The van der Waals surface area contributed by atoms with Gasteiger partial charge < -0.3 is 0 Å². The Labute approximate surface area is 191 Å². The number of piperazine rings is 1. The largest absolute Gasteiger partial charge is 0.297 e. The number of nitrogens with zero attached hydrogens (tertiary/aromatic N) is 2. The van der Waals surface area contributed by atoms with Crippen molar-refractivity contribution in [2.24, 2.45) is 0 Å². The molecule has 1 heterocycles. The van der Waals surface area contributed by atoms with Gasteiger partial charge in [0.2, 0.25) is 0 Å². The van der Waals surface area contributed by atoms with Crippen molar-refractivity contribution in [2.45, 2.75) is 19.0 Å². The number of rotatable bonds is 4. The van der Waals surface area contributed by atoms with E-state index in [0.29, 0.717) is 38.3 Å². The van der Waals surface area contributed by atoms with E-state index in [1.54, 1.807) is 36.4 Å². The number of hydrogen-bond donors (Lipinski definition) is 0. The lowest BCUT2D eigenvalue weighted by Crippen LogP contribution is -2.60. The first-order valence-corrected chi connectivity index (χ1v) is 11.1. The highest BCUT2D eigenvalue weighted by atomic mass is 19.1. The Balaban J connectivity index is 1.47. The molecule has 3 aromatic rings. The zero-order valence-electron chi connectivity index (χ0n) is 18.4. The summed E-state index contributed by atoms with van der Waals surface area (Å²) in [4.78, 5) is 31.6. The predicted octanol–water partition coefficient (Wildman–Crippen LogP) is 4.37. The van der Waals surface area contributed by atoms with Crippen LogP contribution in [0.2, 0.25) is 0 Å². The fraction of sp³-hybridized carbons (Fsp3) is 0.259. The van der Waals surface area contributed by atoms with E-state index in [0.717, 1.165) is 11.1 Å². The average molecular weight is 446 g/mol. The van der Waals surface area contributed by atoms with Crippen LogP contribution in [-0.4, -0.2) is 47.5 Å². The Morgan fingerprint density at radius 1 is 0.848 bits per heavy atom. The maximum atomic E-state index is 14.7. The van der Waals surface area contributed by atoms with E-state index in [1.165, 1.54) is 24.3 Å². The predicted molar refractivity (Wildman–Crippen MR) is 121 cm³/mol. The Bertz CT molecular complexity index is 1240. The Morgan fingerprint density at radius 3 is 2.27 bits per heavy atom. The lowest BCUT2D eigenvalue weighted by Gasteiger charge is -2.44. The standard InChI is InChI=1S/C27H24F2N2O2/c1-18-10-11-21(28)16-19(18)17-30-12-14-31(15-13-30)27(20-6-3-2-4-7-20)25(32)22-8-5-9-23(29)24(22)26(27)33/h2-11,16H,12-15,17H2,1H3. The normalized spacial score (nSPS) is 21.4. The molecule has 6 heteroatoms. The lowest BCUT2D eigenvalue weighted by atomic mass is 9.82. The van der Waals surface area contributed by atoms with Crippen molar-refractivity contribution in [3.63, 3.8) is 0 Å². The maximum Gasteiger partial charge on any atom is 0.199 e. The molecule has 0 radical (unpaired) electrons. The molecular weight excluding hydrogens is 422 g/mol. The minimum atomic E-state index is -1.56. The molecule has 0 N–H and O–H groups in total. The van der Waals surface area contributed by atoms with Crippen molar-refractivity contribution in [2.75, 3.05) is 26.2 Å². The molecule has 4 nitrogen and oxygen atoms in total. The Kier molecular flexibility index (Phi) is 5.43. The van der Waals surface area contributed by atoms with Crippen molar-refractivity contribution in [3.8, 4) is 0 Å². The van der Waals surface area contributed by atoms with E-state index in [1.807, 2.05) is 17.9 Å². The first-order chi connectivity index (χ1) is 15.9. The number of benzene rings is 3. The molecule has 1 atom stereocenters. The molecule has 0 amide bonds. The fourth-order valence-corrected chi connectivity index (χ4v) is 5.13. The van der Waals surface area contributed by atoms with E-state index in [9.17, 15) is 18.4 Å². The summed E-state index contributed by atoms with van der Waals surface area (Å²) in [5.74, 6) is -1.80. The second-order valence-electron chi connectivity index (χ2n) is 8.73. The number of carbonyl (C=O) groups excluding carboxylic acids is 2. The molecule has 1 saturated heterocycles. The summed E-state index contributed by atoms with van der Waals surface area (Å²) >= 11 is 0. The van der Waals surface area contributed by atoms with Gasteiger partial charge in [-0.1, -0.05) is 48.5 Å². The molecule has 1 aliphatic heterocycles. The zero-order valence-corrected chi connectivity index (χ0v) is 18.4. The number of hydrogen-bond acceptors (Lipinski definition) is 4. The molecule has 33 heavy (non-hydrogen) atoms. The minimum absolute atomic E-state index is 0.121. The van der Waals surface area contributed by atoms with Crippen LogP contribution >= 0.6 is 0 Å². The number of fused-ring (bicyclic) bond motifs is 1. The summed E-state index contributed by atoms with van der Waals surface area (Å²) in [5, 5.41) is 0. The lowest BCUT2D eigenvalue weighted by molar-refractivity contribution is 0.0278. The molecule has 1 unspecified atom stereocenters. The smallest absolute Gasteiger partial charge is 0.199 e. The summed E-state index contributed by atoms with van der Waals surface area (Å²) in [5.41, 5.74) is 0.957. The van der Waals surface area contributed by atoms with Crippen LogP contribution in [0.5, 0.6) is 0 Å². The van der Waals surface area contributed by atoms with E-state index in [-0.39, 0.29) is 22.7 Å². The van der Waals surface area contributed by atoms with E-state index >= 15 is 0 Å². The molecule has 5 rings (SSSR count). The van der Waals surface area contributed by atoms with Crippen molar-refractivity contribution in [3.05, 3.63) is 106 Å². The summed E-state index contributed by atoms with van der Waals surface area (Å²) in [6.45, 7) is 4.66. The summed E-state index contributed by atoms with van der Waals surface area (Å²) < 4.78 is 28.4. The third-order valence-electron chi connectivity index (χ3n) is 6.89. The highest BCUT2D eigenvalue weighted by Crippen LogP contribution is 2.43. The van der Waals surface area contributed by atoms with Gasteiger partial charge in [0.25, 0.3) is 0 Å². The first-order valence-electron chi connectivity index (χ1n) is 11.1. The topological polar surface area (TPSA) is 40.6 Å². The van der Waals surface area contributed by atoms with Gasteiger partial charge in [-0.25, -0.2) is 8.78 Å². The molecule has 3 aromatic carbocycles. The van der Waals surface area contributed by atoms with Gasteiger partial charge in [0.05, 0.1) is 5.56 Å². The molecule has 168 valence electrons. The Morgan fingerprint density at radius 2 is 1.58 bits per heavy atom. The van der Waals surface area contributed by atoms with Crippen LogP contribution in [0.1, 0.15) is 37.4 Å². The fourth-order valence-electron chi connectivity index (χ4n) is 5.13. The quantitative estimate of drug-likeness (QED) is 0.559. The number of ketones is 2. The van der Waals surface area contributed by atoms with Gasteiger partial charge in [-0.2, -0.15) is 0 Å². The van der Waals surface area contributed by atoms with Crippen LogP contribution in [0.25, 0.3) is 0 Å². The van der Waals surface area contributed by atoms with Crippen LogP contribution < -0.4 is 0 Å². The van der Waals surface area contributed by atoms with Gasteiger partial charge >= 0.3 is 0 Å². The van der Waals surface area contributed by atoms with Crippen LogP contribution in [0, 0.1) is 18.6 Å². The molecule has 2 aliphatic rings. The molecular formula is C27H24F2N2O2. The average Bonchev–Trinajstić information content (AvgIpc) is 3.06. The van der Waals surface area contributed by atoms with E-state index in [4.69, 9.17) is 0 Å². The van der Waals surface area contributed by atoms with Gasteiger partial charge in [-0.05, 0) is 41.8 Å². The zero-order chi connectivity index (χ0) is 23.2. The van der Waals surface area contributed by atoms with Crippen molar-refractivity contribution >= 4 is 11.6 Å². The monoisotopic (exact) mass is 446 g/mol. The minimum Gasteiger partial charge on any atom is -0.297 e. The molecule has 0 saturated carbocycles. The van der Waals surface area contributed by atoms with Crippen LogP contribution in [0.4, 0.5) is 8.78 Å². The molecule has 0 aromatic heterocycles. The number of aryl methyl sites for hydroxylation is 1. The van der Waals surface area contributed by atoms with Gasteiger partial charge in [0, 0.05) is 38.3 Å². The highest BCUT2D eigenvalue weighted by Gasteiger charge is 2.59. The van der Waals surface area contributed by atoms with Crippen molar-refractivity contribution in [1.29, 1.82) is 0 Å². The summed E-state index contributed by atoms with van der Waals surface area (Å²) in [7, 11) is 0.